The Labute approximate surface area is 146 Å². The van der Waals surface area contributed by atoms with E-state index in [1.165, 1.54) is 12.1 Å². The fraction of sp³-hybridized carbons (Fsp3) is 0.368. The van der Waals surface area contributed by atoms with Gasteiger partial charge in [-0.2, -0.15) is 0 Å². The lowest BCUT2D eigenvalue weighted by Crippen LogP contribution is -2.36. The molecule has 0 aliphatic carbocycles. The molecule has 132 valence electrons. The van der Waals surface area contributed by atoms with Gasteiger partial charge in [-0.15, -0.1) is 0 Å². The van der Waals surface area contributed by atoms with Crippen LogP contribution in [0, 0.1) is 12.8 Å². The Morgan fingerprint density at radius 1 is 1.32 bits per heavy atom. The Balaban J connectivity index is 1.82. The van der Waals surface area contributed by atoms with Crippen LogP contribution >= 0.6 is 0 Å². The number of piperidine rings is 1. The minimum absolute atomic E-state index is 0.123. The zero-order chi connectivity index (χ0) is 17.8. The van der Waals surface area contributed by atoms with Crippen LogP contribution in [0.4, 0.5) is 5.69 Å². The average Bonchev–Trinajstić information content (AvgIpc) is 2.60. The molecular formula is C19H23N3O3. The average molecular weight is 341 g/mol. The third-order valence-corrected chi connectivity index (χ3v) is 4.58. The first-order valence-corrected chi connectivity index (χ1v) is 8.56. The number of phenolic OH excluding ortho intramolecular Hbond substituents is 1. The summed E-state index contributed by atoms with van der Waals surface area (Å²) in [5.41, 5.74) is 1.09. The molecule has 2 heterocycles. The zero-order valence-corrected chi connectivity index (χ0v) is 14.3. The molecule has 1 unspecified atom stereocenters. The summed E-state index contributed by atoms with van der Waals surface area (Å²) in [5.74, 6) is 0.101. The van der Waals surface area contributed by atoms with E-state index in [1.54, 1.807) is 29.8 Å². The van der Waals surface area contributed by atoms with Gasteiger partial charge in [0.2, 0.25) is 0 Å². The molecule has 1 aliphatic rings. The van der Waals surface area contributed by atoms with Crippen LogP contribution in [0.3, 0.4) is 0 Å². The molecule has 0 saturated carbocycles. The van der Waals surface area contributed by atoms with Gasteiger partial charge in [-0.25, -0.2) is 0 Å². The standard InChI is InChI=1S/C19H23N3O3/c1-13-8-10-22(12-14-3-2-9-20-11-14)19(25)17(13)18(24)21-15-4-6-16(23)7-5-15/h4-8,10,14,20,23H,2-3,9,11-12H2,1H3,(H,21,24). The highest BCUT2D eigenvalue weighted by atomic mass is 16.3. The molecule has 0 bridgehead atoms. The third kappa shape index (κ3) is 4.09. The molecule has 1 amide bonds. The summed E-state index contributed by atoms with van der Waals surface area (Å²) < 4.78 is 1.64. The van der Waals surface area contributed by atoms with Crippen LogP contribution in [0.2, 0.25) is 0 Å². The summed E-state index contributed by atoms with van der Waals surface area (Å²) in [6.45, 7) is 4.31. The van der Waals surface area contributed by atoms with Gasteiger partial charge in [-0.1, -0.05) is 0 Å². The number of aromatic hydroxyl groups is 1. The van der Waals surface area contributed by atoms with Crippen LogP contribution in [-0.4, -0.2) is 28.7 Å². The topological polar surface area (TPSA) is 83.4 Å². The lowest BCUT2D eigenvalue weighted by atomic mass is 9.99. The number of nitrogens with one attached hydrogen (secondary N) is 2. The molecule has 1 aromatic heterocycles. The lowest BCUT2D eigenvalue weighted by molar-refractivity contribution is 0.102. The van der Waals surface area contributed by atoms with Gasteiger partial charge >= 0.3 is 0 Å². The second-order valence-corrected chi connectivity index (χ2v) is 6.54. The third-order valence-electron chi connectivity index (χ3n) is 4.58. The van der Waals surface area contributed by atoms with Crippen molar-refractivity contribution in [3.63, 3.8) is 0 Å². The minimum atomic E-state index is -0.427. The first kappa shape index (κ1) is 17.2. The van der Waals surface area contributed by atoms with E-state index in [2.05, 4.69) is 10.6 Å². The molecule has 0 radical (unpaired) electrons. The molecule has 1 saturated heterocycles. The van der Waals surface area contributed by atoms with Crippen molar-refractivity contribution in [2.75, 3.05) is 18.4 Å². The number of hydrogen-bond donors (Lipinski definition) is 3. The maximum Gasteiger partial charge on any atom is 0.263 e. The first-order valence-electron chi connectivity index (χ1n) is 8.56. The number of benzene rings is 1. The highest BCUT2D eigenvalue weighted by Crippen LogP contribution is 2.16. The van der Waals surface area contributed by atoms with E-state index in [9.17, 15) is 14.7 Å². The number of pyridine rings is 1. The van der Waals surface area contributed by atoms with E-state index >= 15 is 0 Å². The lowest BCUT2D eigenvalue weighted by Gasteiger charge is -2.23. The summed E-state index contributed by atoms with van der Waals surface area (Å²) in [4.78, 5) is 25.4. The molecule has 1 aromatic carbocycles. The van der Waals surface area contributed by atoms with Crippen molar-refractivity contribution in [2.45, 2.75) is 26.3 Å². The van der Waals surface area contributed by atoms with Gasteiger partial charge < -0.3 is 20.3 Å². The van der Waals surface area contributed by atoms with Gasteiger partial charge in [0.1, 0.15) is 11.3 Å². The Hall–Kier alpha value is -2.60. The van der Waals surface area contributed by atoms with Crippen LogP contribution < -0.4 is 16.2 Å². The maximum absolute atomic E-state index is 12.8. The smallest absolute Gasteiger partial charge is 0.263 e. The first-order chi connectivity index (χ1) is 12.0. The molecule has 6 heteroatoms. The molecule has 2 aromatic rings. The van der Waals surface area contributed by atoms with E-state index in [4.69, 9.17) is 0 Å². The number of amides is 1. The fourth-order valence-electron chi connectivity index (χ4n) is 3.18. The van der Waals surface area contributed by atoms with Crippen molar-refractivity contribution >= 4 is 11.6 Å². The van der Waals surface area contributed by atoms with Crippen LogP contribution in [0.1, 0.15) is 28.8 Å². The van der Waals surface area contributed by atoms with Gasteiger partial charge in [-0.05, 0) is 74.7 Å². The molecule has 1 atom stereocenters. The van der Waals surface area contributed by atoms with Crippen LogP contribution in [0.15, 0.2) is 41.3 Å². The maximum atomic E-state index is 12.8. The number of aromatic nitrogens is 1. The van der Waals surface area contributed by atoms with Crippen molar-refractivity contribution in [1.82, 2.24) is 9.88 Å². The summed E-state index contributed by atoms with van der Waals surface area (Å²) >= 11 is 0. The molecule has 0 spiro atoms. The summed E-state index contributed by atoms with van der Waals surface area (Å²) in [7, 11) is 0. The van der Waals surface area contributed by atoms with E-state index in [1.807, 2.05) is 6.07 Å². The Bertz CT molecular complexity index is 806. The number of hydrogen-bond acceptors (Lipinski definition) is 4. The molecule has 1 fully saturated rings. The van der Waals surface area contributed by atoms with Crippen LogP contribution in [0.25, 0.3) is 0 Å². The number of aryl methyl sites for hydroxylation is 1. The van der Waals surface area contributed by atoms with Crippen molar-refractivity contribution in [1.29, 1.82) is 0 Å². The number of carbonyl (C=O) groups is 1. The predicted molar refractivity (Wildman–Crippen MR) is 97.1 cm³/mol. The Kier molecular flexibility index (Phi) is 5.19. The van der Waals surface area contributed by atoms with Crippen molar-refractivity contribution < 1.29 is 9.90 Å². The fourth-order valence-corrected chi connectivity index (χ4v) is 3.18. The Morgan fingerprint density at radius 2 is 2.08 bits per heavy atom. The SMILES string of the molecule is Cc1ccn(CC2CCCNC2)c(=O)c1C(=O)Nc1ccc(O)cc1. The molecule has 1 aliphatic heterocycles. The van der Waals surface area contributed by atoms with Crippen molar-refractivity contribution in [3.8, 4) is 5.75 Å². The van der Waals surface area contributed by atoms with E-state index in [0.717, 1.165) is 25.9 Å². The highest BCUT2D eigenvalue weighted by Gasteiger charge is 2.19. The molecule has 25 heavy (non-hydrogen) atoms. The number of phenols is 1. The molecule has 6 nitrogen and oxygen atoms in total. The number of nitrogens with zero attached hydrogens (tertiary/aromatic N) is 1. The van der Waals surface area contributed by atoms with E-state index in [0.29, 0.717) is 23.7 Å². The highest BCUT2D eigenvalue weighted by molar-refractivity contribution is 6.05. The predicted octanol–water partition coefficient (Wildman–Crippen LogP) is 2.11. The van der Waals surface area contributed by atoms with Gasteiger partial charge in [0, 0.05) is 18.4 Å². The quantitative estimate of drug-likeness (QED) is 0.744. The molecule has 3 rings (SSSR count). The van der Waals surface area contributed by atoms with Crippen molar-refractivity contribution in [2.24, 2.45) is 5.92 Å². The molecular weight excluding hydrogens is 318 g/mol. The second kappa shape index (κ2) is 7.53. The largest absolute Gasteiger partial charge is 0.508 e. The summed E-state index contributed by atoms with van der Waals surface area (Å²) in [5, 5.41) is 15.4. The second-order valence-electron chi connectivity index (χ2n) is 6.54. The molecule has 3 N–H and O–H groups in total. The number of carbonyl (C=O) groups excluding carboxylic acids is 1. The van der Waals surface area contributed by atoms with E-state index < -0.39 is 5.91 Å². The minimum Gasteiger partial charge on any atom is -0.508 e. The monoisotopic (exact) mass is 341 g/mol. The van der Waals surface area contributed by atoms with Gasteiger partial charge in [-0.3, -0.25) is 9.59 Å². The van der Waals surface area contributed by atoms with Crippen LogP contribution in [0.5, 0.6) is 5.75 Å². The van der Waals surface area contributed by atoms with Crippen LogP contribution in [-0.2, 0) is 6.54 Å². The normalized spacial score (nSPS) is 17.2. The van der Waals surface area contributed by atoms with Crippen molar-refractivity contribution in [3.05, 3.63) is 58.0 Å². The van der Waals surface area contributed by atoms with Gasteiger partial charge in [0.25, 0.3) is 11.5 Å². The van der Waals surface area contributed by atoms with E-state index in [-0.39, 0.29) is 16.9 Å². The summed E-state index contributed by atoms with van der Waals surface area (Å²) in [6, 6.07) is 7.97. The summed E-state index contributed by atoms with van der Waals surface area (Å²) in [6.07, 6.45) is 3.96. The van der Waals surface area contributed by atoms with Gasteiger partial charge in [0.15, 0.2) is 0 Å². The number of anilines is 1. The number of rotatable bonds is 4. The zero-order valence-electron chi connectivity index (χ0n) is 14.3. The van der Waals surface area contributed by atoms with Gasteiger partial charge in [0.05, 0.1) is 0 Å². The Morgan fingerprint density at radius 3 is 2.76 bits per heavy atom.